The van der Waals surface area contributed by atoms with Crippen LogP contribution in [-0.4, -0.2) is 31.4 Å². The van der Waals surface area contributed by atoms with Crippen molar-refractivity contribution in [3.8, 4) is 5.75 Å². The zero-order valence-corrected chi connectivity index (χ0v) is 17.9. The van der Waals surface area contributed by atoms with E-state index < -0.39 is 0 Å². The molecule has 3 aromatic rings. The predicted octanol–water partition coefficient (Wildman–Crippen LogP) is 4.01. The molecule has 1 aromatic carbocycles. The summed E-state index contributed by atoms with van der Waals surface area (Å²) in [6, 6.07) is 8.01. The van der Waals surface area contributed by atoms with Gasteiger partial charge in [0.05, 0.1) is 11.4 Å². The van der Waals surface area contributed by atoms with Crippen LogP contribution in [0.2, 0.25) is 0 Å². The number of hydrogen-bond acceptors (Lipinski definition) is 7. The Morgan fingerprint density at radius 3 is 2.82 bits per heavy atom. The number of thioether (sulfide) groups is 1. The Hall–Kier alpha value is -2.39. The number of amides is 1. The third-order valence-electron chi connectivity index (χ3n) is 4.02. The van der Waals surface area contributed by atoms with E-state index in [1.807, 2.05) is 42.1 Å². The first-order valence-corrected chi connectivity index (χ1v) is 10.8. The van der Waals surface area contributed by atoms with Crippen LogP contribution in [0.4, 0.5) is 5.13 Å². The third kappa shape index (κ3) is 5.11. The molecule has 1 N–H and O–H groups in total. The van der Waals surface area contributed by atoms with Crippen molar-refractivity contribution in [1.82, 2.24) is 19.7 Å². The number of ether oxygens (including phenoxy) is 1. The monoisotopic (exact) mass is 417 g/mol. The van der Waals surface area contributed by atoms with Gasteiger partial charge in [-0.1, -0.05) is 43.8 Å². The van der Waals surface area contributed by atoms with Crippen molar-refractivity contribution in [1.29, 1.82) is 0 Å². The fraction of sp³-hybridized carbons (Fsp3) is 0.368. The first kappa shape index (κ1) is 20.3. The summed E-state index contributed by atoms with van der Waals surface area (Å²) in [5.74, 6) is 2.06. The molecule has 2 heterocycles. The highest BCUT2D eigenvalue weighted by atomic mass is 32.2. The number of carbonyl (C=O) groups excluding carboxylic acids is 1. The number of aryl methyl sites for hydroxylation is 1. The number of para-hydroxylation sites is 1. The predicted molar refractivity (Wildman–Crippen MR) is 112 cm³/mol. The first-order valence-electron chi connectivity index (χ1n) is 8.88. The van der Waals surface area contributed by atoms with Gasteiger partial charge in [-0.15, -0.1) is 21.5 Å². The molecule has 7 nitrogen and oxygen atoms in total. The van der Waals surface area contributed by atoms with Crippen molar-refractivity contribution >= 4 is 34.1 Å². The molecule has 0 radical (unpaired) electrons. The number of nitrogens with zero attached hydrogens (tertiary/aromatic N) is 4. The maximum Gasteiger partial charge on any atom is 0.236 e. The van der Waals surface area contributed by atoms with Gasteiger partial charge in [0.2, 0.25) is 5.91 Å². The van der Waals surface area contributed by atoms with Crippen LogP contribution in [-0.2, 0) is 18.4 Å². The average molecular weight is 418 g/mol. The van der Waals surface area contributed by atoms with Crippen LogP contribution >= 0.6 is 23.1 Å². The quantitative estimate of drug-likeness (QED) is 0.558. The maximum absolute atomic E-state index is 12.1. The Morgan fingerprint density at radius 2 is 2.11 bits per heavy atom. The highest BCUT2D eigenvalue weighted by molar-refractivity contribution is 7.99. The second-order valence-electron chi connectivity index (χ2n) is 6.57. The van der Waals surface area contributed by atoms with Gasteiger partial charge in [-0.05, 0) is 24.5 Å². The molecule has 0 fully saturated rings. The van der Waals surface area contributed by atoms with Gasteiger partial charge in [0.1, 0.15) is 12.4 Å². The fourth-order valence-corrected chi connectivity index (χ4v) is 3.96. The lowest BCUT2D eigenvalue weighted by Crippen LogP contribution is -2.14. The summed E-state index contributed by atoms with van der Waals surface area (Å²) in [5.41, 5.74) is 2.05. The van der Waals surface area contributed by atoms with Crippen molar-refractivity contribution in [2.45, 2.75) is 38.5 Å². The highest BCUT2D eigenvalue weighted by Crippen LogP contribution is 2.26. The van der Waals surface area contributed by atoms with E-state index in [1.54, 1.807) is 0 Å². The molecule has 0 saturated heterocycles. The maximum atomic E-state index is 12.1. The van der Waals surface area contributed by atoms with Crippen LogP contribution in [0.3, 0.4) is 0 Å². The van der Waals surface area contributed by atoms with Gasteiger partial charge >= 0.3 is 0 Å². The Morgan fingerprint density at radius 1 is 1.32 bits per heavy atom. The summed E-state index contributed by atoms with van der Waals surface area (Å²) in [5, 5.41) is 14.3. The number of rotatable bonds is 8. The van der Waals surface area contributed by atoms with Gasteiger partial charge in [-0.25, -0.2) is 4.98 Å². The minimum absolute atomic E-state index is 0.119. The Balaban J connectivity index is 1.56. The Bertz CT molecular complexity index is 951. The van der Waals surface area contributed by atoms with Crippen LogP contribution in [0.1, 0.15) is 36.8 Å². The molecule has 0 saturated carbocycles. The number of benzene rings is 1. The van der Waals surface area contributed by atoms with Crippen molar-refractivity contribution in [3.63, 3.8) is 0 Å². The minimum Gasteiger partial charge on any atom is -0.485 e. The summed E-state index contributed by atoms with van der Waals surface area (Å²) in [6.07, 6.45) is 0. The van der Waals surface area contributed by atoms with E-state index in [0.29, 0.717) is 28.6 Å². The van der Waals surface area contributed by atoms with Gasteiger partial charge in [-0.3, -0.25) is 4.79 Å². The Kier molecular flexibility index (Phi) is 6.69. The van der Waals surface area contributed by atoms with Gasteiger partial charge in [0.25, 0.3) is 0 Å². The van der Waals surface area contributed by atoms with Crippen molar-refractivity contribution < 1.29 is 9.53 Å². The number of thiazole rings is 1. The molecular formula is C19H23N5O2S2. The fourth-order valence-electron chi connectivity index (χ4n) is 2.52. The summed E-state index contributed by atoms with van der Waals surface area (Å²) in [7, 11) is 1.87. The molecule has 0 spiro atoms. The molecular weight excluding hydrogens is 394 g/mol. The molecule has 28 heavy (non-hydrogen) atoms. The molecule has 0 unspecified atom stereocenters. The molecule has 2 aromatic heterocycles. The van der Waals surface area contributed by atoms with Crippen molar-refractivity contribution in [2.24, 2.45) is 7.05 Å². The van der Waals surface area contributed by atoms with Gasteiger partial charge in [0.15, 0.2) is 16.1 Å². The first-order chi connectivity index (χ1) is 13.4. The van der Waals surface area contributed by atoms with E-state index in [2.05, 4.69) is 40.4 Å². The summed E-state index contributed by atoms with van der Waals surface area (Å²) in [4.78, 5) is 16.3. The van der Waals surface area contributed by atoms with Gasteiger partial charge in [0, 0.05) is 12.4 Å². The molecule has 0 bridgehead atoms. The Labute approximate surface area is 172 Å². The molecule has 1 amide bonds. The van der Waals surface area contributed by atoms with Gasteiger partial charge in [-0.2, -0.15) is 0 Å². The molecule has 0 aliphatic rings. The molecule has 0 aliphatic carbocycles. The highest BCUT2D eigenvalue weighted by Gasteiger charge is 2.14. The lowest BCUT2D eigenvalue weighted by Gasteiger charge is -2.13. The lowest BCUT2D eigenvalue weighted by molar-refractivity contribution is -0.113. The van der Waals surface area contributed by atoms with Gasteiger partial charge < -0.3 is 14.6 Å². The minimum atomic E-state index is -0.119. The molecule has 3 rings (SSSR count). The van der Waals surface area contributed by atoms with E-state index >= 15 is 0 Å². The average Bonchev–Trinajstić information content (AvgIpc) is 3.23. The molecule has 0 atom stereocenters. The van der Waals surface area contributed by atoms with Crippen molar-refractivity contribution in [3.05, 3.63) is 46.7 Å². The van der Waals surface area contributed by atoms with Crippen LogP contribution in [0.25, 0.3) is 0 Å². The normalized spacial score (nSPS) is 11.0. The van der Waals surface area contributed by atoms with E-state index in [9.17, 15) is 4.79 Å². The van der Waals surface area contributed by atoms with Crippen molar-refractivity contribution in [2.75, 3.05) is 11.1 Å². The van der Waals surface area contributed by atoms with E-state index in [1.165, 1.54) is 23.1 Å². The number of hydrogen-bond donors (Lipinski definition) is 1. The topological polar surface area (TPSA) is 81.9 Å². The van der Waals surface area contributed by atoms with E-state index in [4.69, 9.17) is 4.74 Å². The zero-order chi connectivity index (χ0) is 20.1. The van der Waals surface area contributed by atoms with Crippen LogP contribution in [0.15, 0.2) is 34.8 Å². The number of aromatic nitrogens is 4. The SMILES string of the molecule is Cc1csc(NC(=O)CSc2nnc(COc3ccccc3C(C)C)n2C)n1. The molecule has 148 valence electrons. The number of nitrogens with one attached hydrogen (secondary N) is 1. The summed E-state index contributed by atoms with van der Waals surface area (Å²) >= 11 is 2.74. The number of anilines is 1. The summed E-state index contributed by atoms with van der Waals surface area (Å²) in [6.45, 7) is 6.48. The number of carbonyl (C=O) groups is 1. The molecule has 9 heteroatoms. The van der Waals surface area contributed by atoms with Crippen LogP contribution < -0.4 is 10.1 Å². The zero-order valence-electron chi connectivity index (χ0n) is 16.3. The van der Waals surface area contributed by atoms with E-state index in [-0.39, 0.29) is 11.7 Å². The van der Waals surface area contributed by atoms with Crippen LogP contribution in [0, 0.1) is 6.92 Å². The lowest BCUT2D eigenvalue weighted by atomic mass is 10.0. The van der Waals surface area contributed by atoms with E-state index in [0.717, 1.165) is 17.0 Å². The second-order valence-corrected chi connectivity index (χ2v) is 8.37. The standard InChI is InChI=1S/C19H23N5O2S2/c1-12(2)14-7-5-6-8-15(14)26-9-16-22-23-19(24(16)4)28-11-17(25)21-18-20-13(3)10-27-18/h5-8,10,12H,9,11H2,1-4H3,(H,20,21,25). The smallest absolute Gasteiger partial charge is 0.236 e. The van der Waals surface area contributed by atoms with Crippen LogP contribution in [0.5, 0.6) is 5.75 Å². The largest absolute Gasteiger partial charge is 0.485 e. The molecule has 0 aliphatic heterocycles. The second kappa shape index (κ2) is 9.20. The third-order valence-corrected chi connectivity index (χ3v) is 5.92. The summed E-state index contributed by atoms with van der Waals surface area (Å²) < 4.78 is 7.82.